The molecular formula is C22H40N2O4S2. The van der Waals surface area contributed by atoms with Gasteiger partial charge >= 0.3 is 0 Å². The predicted octanol–water partition coefficient (Wildman–Crippen LogP) is 4.59. The number of rotatable bonds is 18. The second-order valence-corrected chi connectivity index (χ2v) is 10.8. The molecule has 2 atom stereocenters. The Labute approximate surface area is 186 Å². The first-order valence-corrected chi connectivity index (χ1v) is 13.8. The molecular weight excluding hydrogens is 420 g/mol. The molecule has 8 heteroatoms. The number of unbranched alkanes of at least 4 members (excludes halogenated alkanes) is 11. The van der Waals surface area contributed by atoms with Gasteiger partial charge in [0.1, 0.15) is 10.3 Å². The zero-order valence-corrected chi connectivity index (χ0v) is 20.2. The molecule has 174 valence electrons. The van der Waals surface area contributed by atoms with E-state index >= 15 is 0 Å². The molecule has 1 aromatic heterocycles. The number of hydrogen-bond donors (Lipinski definition) is 3. The van der Waals surface area contributed by atoms with Crippen LogP contribution in [0.1, 0.15) is 90.9 Å². The van der Waals surface area contributed by atoms with Crippen LogP contribution in [0.3, 0.4) is 0 Å². The summed E-state index contributed by atoms with van der Waals surface area (Å²) in [6.45, 7) is 4.13. The average molecular weight is 461 g/mol. The van der Waals surface area contributed by atoms with Crippen molar-refractivity contribution in [1.82, 2.24) is 10.0 Å². The van der Waals surface area contributed by atoms with Gasteiger partial charge in [-0.05, 0) is 24.8 Å². The zero-order valence-electron chi connectivity index (χ0n) is 18.6. The summed E-state index contributed by atoms with van der Waals surface area (Å²) in [7, 11) is -3.82. The van der Waals surface area contributed by atoms with Crippen molar-refractivity contribution in [1.29, 1.82) is 0 Å². The van der Waals surface area contributed by atoms with Crippen LogP contribution in [-0.4, -0.2) is 38.1 Å². The lowest BCUT2D eigenvalue weighted by atomic mass is 10.1. The lowest BCUT2D eigenvalue weighted by molar-refractivity contribution is -0.124. The second-order valence-electron chi connectivity index (χ2n) is 7.95. The maximum absolute atomic E-state index is 12.3. The van der Waals surface area contributed by atoms with Crippen LogP contribution in [0.25, 0.3) is 0 Å². The molecule has 3 N–H and O–H groups in total. The Morgan fingerprint density at radius 3 is 2.00 bits per heavy atom. The van der Waals surface area contributed by atoms with Crippen molar-refractivity contribution in [2.75, 3.05) is 6.54 Å². The molecule has 0 spiro atoms. The van der Waals surface area contributed by atoms with E-state index in [2.05, 4.69) is 17.0 Å². The number of amides is 1. The monoisotopic (exact) mass is 460 g/mol. The van der Waals surface area contributed by atoms with Crippen LogP contribution in [-0.2, 0) is 14.8 Å². The molecule has 30 heavy (non-hydrogen) atoms. The average Bonchev–Trinajstić information content (AvgIpc) is 3.25. The molecule has 0 fully saturated rings. The third-order valence-electron chi connectivity index (χ3n) is 5.14. The summed E-state index contributed by atoms with van der Waals surface area (Å²) in [4.78, 5) is 12.3. The number of aliphatic hydroxyl groups excluding tert-OH is 1. The van der Waals surface area contributed by atoms with Gasteiger partial charge in [0.25, 0.3) is 10.0 Å². The number of thiophene rings is 1. The van der Waals surface area contributed by atoms with E-state index in [-0.39, 0.29) is 4.21 Å². The molecule has 0 aliphatic carbocycles. The molecule has 0 saturated heterocycles. The lowest BCUT2D eigenvalue weighted by Gasteiger charge is -2.20. The summed E-state index contributed by atoms with van der Waals surface area (Å²) in [5.74, 6) is -0.492. The summed E-state index contributed by atoms with van der Waals surface area (Å²) in [5, 5.41) is 14.3. The Morgan fingerprint density at radius 2 is 1.53 bits per heavy atom. The molecule has 6 nitrogen and oxygen atoms in total. The maximum Gasteiger partial charge on any atom is 0.250 e. The van der Waals surface area contributed by atoms with E-state index in [1.54, 1.807) is 11.4 Å². The summed E-state index contributed by atoms with van der Waals surface area (Å²) in [6, 6.07) is 1.90. The van der Waals surface area contributed by atoms with Gasteiger partial charge in [-0.25, -0.2) is 8.42 Å². The highest BCUT2D eigenvalue weighted by molar-refractivity contribution is 7.91. The van der Waals surface area contributed by atoms with Crippen LogP contribution in [0, 0.1) is 0 Å². The molecule has 0 unspecified atom stereocenters. The number of nitrogens with one attached hydrogen (secondary N) is 2. The standard InChI is InChI=1S/C22H40N2O4S2/c1-3-4-5-6-7-8-9-10-11-12-13-14-17-23-22(26)21(19(2)25)24-30(27,28)20-16-15-18-29-20/h15-16,18-19,21,24-25H,3-14,17H2,1-2H3,(H,23,26)/t19-,21+/m1/s1. The maximum atomic E-state index is 12.3. The van der Waals surface area contributed by atoms with Crippen molar-refractivity contribution in [3.8, 4) is 0 Å². The number of aliphatic hydroxyl groups is 1. The molecule has 1 amide bonds. The van der Waals surface area contributed by atoms with E-state index in [0.29, 0.717) is 6.54 Å². The Bertz CT molecular complexity index is 661. The smallest absolute Gasteiger partial charge is 0.250 e. The first kappa shape index (κ1) is 27.1. The first-order chi connectivity index (χ1) is 14.4. The fourth-order valence-corrected chi connectivity index (χ4v) is 5.58. The molecule has 0 radical (unpaired) electrons. The van der Waals surface area contributed by atoms with Gasteiger partial charge in [-0.1, -0.05) is 83.6 Å². The predicted molar refractivity (Wildman–Crippen MR) is 124 cm³/mol. The number of carbonyl (C=O) groups excluding carboxylic acids is 1. The van der Waals surface area contributed by atoms with Crippen LogP contribution in [0.2, 0.25) is 0 Å². The Balaban J connectivity index is 2.14. The van der Waals surface area contributed by atoms with E-state index in [1.165, 1.54) is 70.8 Å². The zero-order chi connectivity index (χ0) is 22.2. The van der Waals surface area contributed by atoms with Crippen molar-refractivity contribution in [3.05, 3.63) is 17.5 Å². The molecule has 1 heterocycles. The SMILES string of the molecule is CCCCCCCCCCCCCCNC(=O)[C@@H](NS(=O)(=O)c1cccs1)[C@@H](C)O. The largest absolute Gasteiger partial charge is 0.391 e. The van der Waals surface area contributed by atoms with Gasteiger partial charge < -0.3 is 10.4 Å². The third kappa shape index (κ3) is 11.4. The first-order valence-electron chi connectivity index (χ1n) is 11.4. The third-order valence-corrected chi connectivity index (χ3v) is 7.98. The molecule has 0 saturated carbocycles. The van der Waals surface area contributed by atoms with Gasteiger partial charge in [0, 0.05) is 6.54 Å². The van der Waals surface area contributed by atoms with Crippen molar-refractivity contribution < 1.29 is 18.3 Å². The minimum Gasteiger partial charge on any atom is -0.391 e. The topological polar surface area (TPSA) is 95.5 Å². The highest BCUT2D eigenvalue weighted by Crippen LogP contribution is 2.16. The van der Waals surface area contributed by atoms with Gasteiger partial charge in [-0.2, -0.15) is 4.72 Å². The molecule has 0 aromatic carbocycles. The molecule has 1 rings (SSSR count). The van der Waals surface area contributed by atoms with Crippen molar-refractivity contribution in [2.24, 2.45) is 0 Å². The van der Waals surface area contributed by atoms with Crippen LogP contribution < -0.4 is 10.0 Å². The number of hydrogen-bond acceptors (Lipinski definition) is 5. The lowest BCUT2D eigenvalue weighted by Crippen LogP contribution is -2.52. The molecule has 0 bridgehead atoms. The summed E-state index contributed by atoms with van der Waals surface area (Å²) < 4.78 is 27.1. The van der Waals surface area contributed by atoms with E-state index in [9.17, 15) is 18.3 Å². The van der Waals surface area contributed by atoms with Crippen LogP contribution in [0.4, 0.5) is 0 Å². The summed E-state index contributed by atoms with van der Waals surface area (Å²) in [5.41, 5.74) is 0. The summed E-state index contributed by atoms with van der Waals surface area (Å²) >= 11 is 1.07. The fourth-order valence-electron chi connectivity index (χ4n) is 3.30. The Hall–Kier alpha value is -0.960. The van der Waals surface area contributed by atoms with Gasteiger partial charge in [-0.3, -0.25) is 4.79 Å². The van der Waals surface area contributed by atoms with Crippen molar-refractivity contribution in [2.45, 2.75) is 107 Å². The van der Waals surface area contributed by atoms with E-state index < -0.39 is 28.1 Å². The molecule has 0 aliphatic rings. The second kappa shape index (κ2) is 15.8. The minimum absolute atomic E-state index is 0.127. The number of sulfonamides is 1. The van der Waals surface area contributed by atoms with E-state index in [0.717, 1.165) is 30.6 Å². The van der Waals surface area contributed by atoms with Crippen molar-refractivity contribution >= 4 is 27.3 Å². The van der Waals surface area contributed by atoms with Crippen molar-refractivity contribution in [3.63, 3.8) is 0 Å². The van der Waals surface area contributed by atoms with Gasteiger partial charge in [-0.15, -0.1) is 11.3 Å². The minimum atomic E-state index is -3.82. The molecule has 1 aromatic rings. The highest BCUT2D eigenvalue weighted by Gasteiger charge is 2.29. The normalized spacial score (nSPS) is 13.8. The van der Waals surface area contributed by atoms with E-state index in [4.69, 9.17) is 0 Å². The Morgan fingerprint density at radius 1 is 1.00 bits per heavy atom. The van der Waals surface area contributed by atoms with Gasteiger partial charge in [0.2, 0.25) is 5.91 Å². The molecule has 0 aliphatic heterocycles. The van der Waals surface area contributed by atoms with Crippen LogP contribution in [0.15, 0.2) is 21.7 Å². The fraction of sp³-hybridized carbons (Fsp3) is 0.773. The number of carbonyl (C=O) groups is 1. The summed E-state index contributed by atoms with van der Waals surface area (Å²) in [6.07, 6.45) is 13.8. The van der Waals surface area contributed by atoms with Gasteiger partial charge in [0.05, 0.1) is 6.10 Å². The highest BCUT2D eigenvalue weighted by atomic mass is 32.2. The van der Waals surface area contributed by atoms with E-state index in [1.807, 2.05) is 0 Å². The Kier molecular flexibility index (Phi) is 14.2. The quantitative estimate of drug-likeness (QED) is 0.279. The van der Waals surface area contributed by atoms with Crippen LogP contribution >= 0.6 is 11.3 Å². The van der Waals surface area contributed by atoms with Gasteiger partial charge in [0.15, 0.2) is 0 Å². The van der Waals surface area contributed by atoms with Crippen LogP contribution in [0.5, 0.6) is 0 Å².